The molecule has 1 aromatic rings. The van der Waals surface area contributed by atoms with E-state index in [9.17, 15) is 14.4 Å². The molecule has 1 fully saturated rings. The molecule has 0 bridgehead atoms. The fourth-order valence-corrected chi connectivity index (χ4v) is 4.18. The van der Waals surface area contributed by atoms with Gasteiger partial charge in [-0.2, -0.15) is 0 Å². The predicted molar refractivity (Wildman–Crippen MR) is 108 cm³/mol. The molecule has 6 nitrogen and oxygen atoms in total. The second kappa shape index (κ2) is 10.0. The van der Waals surface area contributed by atoms with Gasteiger partial charge in [-0.15, -0.1) is 6.58 Å². The molecular weight excluding hydrogens is 372 g/mol. The standard InChI is InChI=1S/C23H28O6/c1-5-18(20(24)27-2)19-15-23(21(25)28-3,22(26)29-4)14-17(19)13-9-12-16-10-7-6-8-11-16/h5-11,13,17-19H,1,12,14-15H2,2-4H3/b13-9+/t17-,18-,19-/m0/s1. The van der Waals surface area contributed by atoms with E-state index in [-0.39, 0.29) is 24.7 Å². The van der Waals surface area contributed by atoms with Crippen LogP contribution in [-0.2, 0) is 35.0 Å². The molecule has 0 aliphatic heterocycles. The summed E-state index contributed by atoms with van der Waals surface area (Å²) in [5.41, 5.74) is -0.315. The van der Waals surface area contributed by atoms with E-state index in [1.807, 2.05) is 42.5 Å². The first-order valence-corrected chi connectivity index (χ1v) is 9.51. The molecule has 0 aromatic heterocycles. The van der Waals surface area contributed by atoms with E-state index in [1.54, 1.807) is 0 Å². The van der Waals surface area contributed by atoms with E-state index in [0.29, 0.717) is 6.42 Å². The number of benzene rings is 1. The van der Waals surface area contributed by atoms with E-state index in [1.165, 1.54) is 27.4 Å². The molecular formula is C23H28O6. The largest absolute Gasteiger partial charge is 0.469 e. The Morgan fingerprint density at radius 1 is 1.07 bits per heavy atom. The molecule has 0 saturated heterocycles. The Bertz CT molecular complexity index is 751. The van der Waals surface area contributed by atoms with Crippen LogP contribution in [0.3, 0.4) is 0 Å². The second-order valence-corrected chi connectivity index (χ2v) is 7.20. The maximum absolute atomic E-state index is 12.6. The third-order valence-corrected chi connectivity index (χ3v) is 5.64. The van der Waals surface area contributed by atoms with Gasteiger partial charge in [0.1, 0.15) is 0 Å². The fraction of sp³-hybridized carbons (Fsp3) is 0.435. The lowest BCUT2D eigenvalue weighted by atomic mass is 9.81. The lowest BCUT2D eigenvalue weighted by Gasteiger charge is -2.24. The van der Waals surface area contributed by atoms with Crippen LogP contribution < -0.4 is 0 Å². The van der Waals surface area contributed by atoms with E-state index >= 15 is 0 Å². The fourth-order valence-electron chi connectivity index (χ4n) is 4.18. The van der Waals surface area contributed by atoms with Crippen LogP contribution in [-0.4, -0.2) is 39.2 Å². The summed E-state index contributed by atoms with van der Waals surface area (Å²) in [5, 5.41) is 0. The van der Waals surface area contributed by atoms with Gasteiger partial charge in [0.15, 0.2) is 5.41 Å². The van der Waals surface area contributed by atoms with Crippen molar-refractivity contribution in [3.8, 4) is 0 Å². The molecule has 1 aromatic carbocycles. The second-order valence-electron chi connectivity index (χ2n) is 7.20. The minimum absolute atomic E-state index is 0.123. The van der Waals surface area contributed by atoms with Crippen LogP contribution >= 0.6 is 0 Å². The minimum Gasteiger partial charge on any atom is -0.469 e. The smallest absolute Gasteiger partial charge is 0.323 e. The summed E-state index contributed by atoms with van der Waals surface area (Å²) in [6, 6.07) is 9.92. The van der Waals surface area contributed by atoms with Crippen molar-refractivity contribution in [2.75, 3.05) is 21.3 Å². The lowest BCUT2D eigenvalue weighted by molar-refractivity contribution is -0.169. The number of hydrogen-bond donors (Lipinski definition) is 0. The van der Waals surface area contributed by atoms with Gasteiger partial charge in [-0.3, -0.25) is 14.4 Å². The number of carbonyl (C=O) groups is 3. The first-order chi connectivity index (χ1) is 13.9. The average molecular weight is 400 g/mol. The van der Waals surface area contributed by atoms with Crippen molar-refractivity contribution >= 4 is 17.9 Å². The first-order valence-electron chi connectivity index (χ1n) is 9.51. The van der Waals surface area contributed by atoms with Crippen LogP contribution in [0.25, 0.3) is 0 Å². The zero-order chi connectivity index (χ0) is 21.4. The molecule has 29 heavy (non-hydrogen) atoms. The van der Waals surface area contributed by atoms with E-state index < -0.39 is 29.2 Å². The van der Waals surface area contributed by atoms with Gasteiger partial charge < -0.3 is 14.2 Å². The highest BCUT2D eigenvalue weighted by Gasteiger charge is 2.58. The van der Waals surface area contributed by atoms with Gasteiger partial charge in [0, 0.05) is 0 Å². The van der Waals surface area contributed by atoms with Crippen molar-refractivity contribution in [3.05, 3.63) is 60.7 Å². The van der Waals surface area contributed by atoms with Gasteiger partial charge in [0.05, 0.1) is 27.2 Å². The van der Waals surface area contributed by atoms with Gasteiger partial charge in [0.25, 0.3) is 0 Å². The van der Waals surface area contributed by atoms with Gasteiger partial charge in [0.2, 0.25) is 0 Å². The Labute approximate surface area is 171 Å². The van der Waals surface area contributed by atoms with Crippen LogP contribution in [0.1, 0.15) is 18.4 Å². The molecule has 1 saturated carbocycles. The van der Waals surface area contributed by atoms with E-state index in [4.69, 9.17) is 14.2 Å². The van der Waals surface area contributed by atoms with Crippen LogP contribution in [0.15, 0.2) is 55.1 Å². The maximum atomic E-state index is 12.6. The van der Waals surface area contributed by atoms with Gasteiger partial charge >= 0.3 is 17.9 Å². The van der Waals surface area contributed by atoms with Crippen LogP contribution in [0.4, 0.5) is 0 Å². The van der Waals surface area contributed by atoms with E-state index in [0.717, 1.165) is 5.56 Å². The summed E-state index contributed by atoms with van der Waals surface area (Å²) in [6.45, 7) is 3.76. The number of carbonyl (C=O) groups excluding carboxylic acids is 3. The van der Waals surface area contributed by atoms with E-state index in [2.05, 4.69) is 6.58 Å². The molecule has 3 atom stereocenters. The number of methoxy groups -OCH3 is 3. The predicted octanol–water partition coefficient (Wildman–Crippen LogP) is 3.12. The van der Waals surface area contributed by atoms with Crippen molar-refractivity contribution in [3.63, 3.8) is 0 Å². The van der Waals surface area contributed by atoms with Crippen LogP contribution in [0.2, 0.25) is 0 Å². The third-order valence-electron chi connectivity index (χ3n) is 5.64. The Kier molecular flexibility index (Phi) is 7.76. The summed E-state index contributed by atoms with van der Waals surface area (Å²) in [4.78, 5) is 37.5. The lowest BCUT2D eigenvalue weighted by Crippen LogP contribution is -2.39. The molecule has 0 unspecified atom stereocenters. The molecule has 6 heteroatoms. The Morgan fingerprint density at radius 2 is 1.69 bits per heavy atom. The molecule has 0 heterocycles. The zero-order valence-electron chi connectivity index (χ0n) is 17.1. The van der Waals surface area contributed by atoms with Crippen LogP contribution in [0, 0.1) is 23.2 Å². The molecule has 0 amide bonds. The Hall–Kier alpha value is -2.89. The van der Waals surface area contributed by atoms with Gasteiger partial charge in [-0.25, -0.2) is 0 Å². The van der Waals surface area contributed by atoms with Crippen molar-refractivity contribution < 1.29 is 28.6 Å². The van der Waals surface area contributed by atoms with Crippen molar-refractivity contribution in [1.29, 1.82) is 0 Å². The van der Waals surface area contributed by atoms with Crippen molar-refractivity contribution in [2.24, 2.45) is 23.2 Å². The highest BCUT2D eigenvalue weighted by atomic mass is 16.5. The summed E-state index contributed by atoms with van der Waals surface area (Å²) < 4.78 is 14.8. The molecule has 0 radical (unpaired) electrons. The van der Waals surface area contributed by atoms with Gasteiger partial charge in [-0.1, -0.05) is 48.6 Å². The monoisotopic (exact) mass is 400 g/mol. The highest BCUT2D eigenvalue weighted by Crippen LogP contribution is 2.51. The van der Waals surface area contributed by atoms with Crippen molar-refractivity contribution in [1.82, 2.24) is 0 Å². The zero-order valence-corrected chi connectivity index (χ0v) is 17.1. The summed E-state index contributed by atoms with van der Waals surface area (Å²) in [6.07, 6.45) is 6.49. The van der Waals surface area contributed by atoms with Gasteiger partial charge in [-0.05, 0) is 36.7 Å². The average Bonchev–Trinajstić information content (AvgIpc) is 3.14. The Morgan fingerprint density at radius 3 is 2.21 bits per heavy atom. The molecule has 1 aliphatic carbocycles. The Balaban J connectivity index is 2.37. The normalized spacial score (nSPS) is 21.3. The summed E-state index contributed by atoms with van der Waals surface area (Å²) in [7, 11) is 3.79. The molecule has 0 spiro atoms. The molecule has 0 N–H and O–H groups in total. The van der Waals surface area contributed by atoms with Crippen molar-refractivity contribution in [2.45, 2.75) is 19.3 Å². The first kappa shape index (κ1) is 22.4. The number of ether oxygens (including phenoxy) is 3. The quantitative estimate of drug-likeness (QED) is 0.289. The topological polar surface area (TPSA) is 78.9 Å². The summed E-state index contributed by atoms with van der Waals surface area (Å²) in [5.74, 6) is -2.97. The SMILES string of the molecule is C=C[C@H](C(=O)OC)[C@H]1CC(C(=O)OC)(C(=O)OC)C[C@@H]1/C=C/Cc1ccccc1. The maximum Gasteiger partial charge on any atom is 0.323 e. The molecule has 156 valence electrons. The number of allylic oxidation sites excluding steroid dienone is 2. The number of rotatable bonds is 8. The number of esters is 3. The third kappa shape index (κ3) is 4.75. The molecule has 2 rings (SSSR count). The van der Waals surface area contributed by atoms with Crippen LogP contribution in [0.5, 0.6) is 0 Å². The molecule has 1 aliphatic rings. The number of hydrogen-bond acceptors (Lipinski definition) is 6. The summed E-state index contributed by atoms with van der Waals surface area (Å²) >= 11 is 0. The highest BCUT2D eigenvalue weighted by molar-refractivity contribution is 6.00. The minimum atomic E-state index is -1.45.